The number of hydrogen-bond donors (Lipinski definition) is 2. The molecule has 2 aliphatic rings. The highest BCUT2D eigenvalue weighted by molar-refractivity contribution is 6.35. The van der Waals surface area contributed by atoms with Crippen molar-refractivity contribution in [3.8, 4) is 0 Å². The molecule has 0 radical (unpaired) electrons. The maximum Gasteiger partial charge on any atom is 0.325 e. The first-order chi connectivity index (χ1) is 12.7. The average molecular weight is 412 g/mol. The Hall–Kier alpha value is -1.79. The second-order valence-electron chi connectivity index (χ2n) is 7.51. The van der Waals surface area contributed by atoms with Crippen LogP contribution in [0.2, 0.25) is 10.0 Å². The van der Waals surface area contributed by atoms with Crippen molar-refractivity contribution < 1.29 is 14.4 Å². The zero-order valence-electron chi connectivity index (χ0n) is 15.4. The summed E-state index contributed by atoms with van der Waals surface area (Å²) >= 11 is 12.1. The molecule has 0 spiro atoms. The van der Waals surface area contributed by atoms with Gasteiger partial charge in [-0.2, -0.15) is 0 Å². The molecule has 8 heteroatoms. The van der Waals surface area contributed by atoms with Gasteiger partial charge in [-0.3, -0.25) is 14.5 Å². The molecule has 1 saturated carbocycles. The minimum absolute atomic E-state index is 0.0871. The molecule has 1 aliphatic carbocycles. The van der Waals surface area contributed by atoms with Gasteiger partial charge in [0.25, 0.3) is 5.91 Å². The lowest BCUT2D eigenvalue weighted by molar-refractivity contribution is -0.135. The Bertz CT molecular complexity index is 785. The zero-order valence-corrected chi connectivity index (χ0v) is 16.9. The molecule has 2 N–H and O–H groups in total. The Morgan fingerprint density at radius 2 is 2.00 bits per heavy atom. The third kappa shape index (κ3) is 3.92. The number of nitrogens with one attached hydrogen (secondary N) is 2. The van der Waals surface area contributed by atoms with E-state index in [-0.39, 0.29) is 23.5 Å². The predicted octanol–water partition coefficient (Wildman–Crippen LogP) is 3.46. The van der Waals surface area contributed by atoms with E-state index in [4.69, 9.17) is 23.2 Å². The molecule has 1 aromatic rings. The second-order valence-corrected chi connectivity index (χ2v) is 8.35. The van der Waals surface area contributed by atoms with Gasteiger partial charge in [0.2, 0.25) is 5.91 Å². The fourth-order valence-electron chi connectivity index (χ4n) is 3.84. The van der Waals surface area contributed by atoms with E-state index in [1.54, 1.807) is 19.1 Å². The number of carbonyl (C=O) groups excluding carboxylic acids is 3. The quantitative estimate of drug-likeness (QED) is 0.744. The van der Waals surface area contributed by atoms with Crippen molar-refractivity contribution in [1.29, 1.82) is 0 Å². The molecule has 1 heterocycles. The predicted molar refractivity (Wildman–Crippen MR) is 104 cm³/mol. The minimum Gasteiger partial charge on any atom is -0.352 e. The van der Waals surface area contributed by atoms with Crippen LogP contribution in [0.1, 0.15) is 45.1 Å². The molecule has 1 aromatic carbocycles. The van der Waals surface area contributed by atoms with E-state index in [1.165, 1.54) is 12.5 Å². The molecule has 2 fully saturated rings. The largest absolute Gasteiger partial charge is 0.352 e. The maximum atomic E-state index is 12.9. The summed E-state index contributed by atoms with van der Waals surface area (Å²) in [6.45, 7) is 3.37. The molecule has 0 bridgehead atoms. The molecule has 3 rings (SSSR count). The van der Waals surface area contributed by atoms with Gasteiger partial charge < -0.3 is 10.6 Å². The monoisotopic (exact) mass is 411 g/mol. The highest BCUT2D eigenvalue weighted by Crippen LogP contribution is 2.35. The summed E-state index contributed by atoms with van der Waals surface area (Å²) in [6.07, 6.45) is 4.23. The fourth-order valence-corrected chi connectivity index (χ4v) is 4.44. The number of benzene rings is 1. The van der Waals surface area contributed by atoms with Gasteiger partial charge in [-0.05, 0) is 37.8 Å². The van der Waals surface area contributed by atoms with Gasteiger partial charge in [-0.1, -0.05) is 49.0 Å². The topological polar surface area (TPSA) is 78.5 Å². The molecule has 1 saturated heterocycles. The fraction of sp³-hybridized carbons (Fsp3) is 0.526. The zero-order chi connectivity index (χ0) is 19.8. The lowest BCUT2D eigenvalue weighted by Gasteiger charge is -2.30. The maximum absolute atomic E-state index is 12.9. The van der Waals surface area contributed by atoms with Crippen molar-refractivity contribution in [2.45, 2.75) is 51.1 Å². The van der Waals surface area contributed by atoms with Crippen molar-refractivity contribution in [2.24, 2.45) is 5.92 Å². The second kappa shape index (κ2) is 7.68. The first-order valence-electron chi connectivity index (χ1n) is 9.11. The summed E-state index contributed by atoms with van der Waals surface area (Å²) in [5, 5.41) is 6.33. The van der Waals surface area contributed by atoms with Crippen LogP contribution in [0, 0.1) is 5.92 Å². The van der Waals surface area contributed by atoms with Crippen molar-refractivity contribution in [3.05, 3.63) is 33.8 Å². The van der Waals surface area contributed by atoms with E-state index < -0.39 is 17.5 Å². The number of halogens is 2. The summed E-state index contributed by atoms with van der Waals surface area (Å²) < 4.78 is 0. The van der Waals surface area contributed by atoms with E-state index in [0.717, 1.165) is 24.2 Å². The van der Waals surface area contributed by atoms with Crippen LogP contribution in [-0.2, 0) is 15.1 Å². The molecule has 0 unspecified atom stereocenters. The highest BCUT2D eigenvalue weighted by atomic mass is 35.5. The van der Waals surface area contributed by atoms with E-state index in [0.29, 0.717) is 16.5 Å². The number of amides is 4. The van der Waals surface area contributed by atoms with Crippen LogP contribution in [-0.4, -0.2) is 35.3 Å². The standard InChI is InChI=1S/C19H23Cl2N3O3/c1-11-5-3-4-6-15(11)22-16(25)10-24-17(26)19(2,23-18(24)27)13-8-7-12(20)9-14(13)21/h7-9,11,15H,3-6,10H2,1-2H3,(H,22,25)(H,23,27)/t11-,15+,19-/m1/s1. The Balaban J connectivity index is 1.73. The van der Waals surface area contributed by atoms with Gasteiger partial charge in [0.05, 0.1) is 0 Å². The van der Waals surface area contributed by atoms with Gasteiger partial charge in [0, 0.05) is 21.7 Å². The van der Waals surface area contributed by atoms with Crippen LogP contribution in [0.25, 0.3) is 0 Å². The van der Waals surface area contributed by atoms with Gasteiger partial charge in [0.1, 0.15) is 12.1 Å². The Morgan fingerprint density at radius 3 is 2.67 bits per heavy atom. The van der Waals surface area contributed by atoms with Crippen LogP contribution in [0.3, 0.4) is 0 Å². The molecule has 6 nitrogen and oxygen atoms in total. The van der Waals surface area contributed by atoms with Crippen LogP contribution >= 0.6 is 23.2 Å². The van der Waals surface area contributed by atoms with Crippen LogP contribution in [0.4, 0.5) is 4.79 Å². The van der Waals surface area contributed by atoms with Gasteiger partial charge in [-0.25, -0.2) is 4.79 Å². The van der Waals surface area contributed by atoms with Crippen LogP contribution in [0.15, 0.2) is 18.2 Å². The summed E-state index contributed by atoms with van der Waals surface area (Å²) in [5.74, 6) is -0.448. The van der Waals surface area contributed by atoms with Gasteiger partial charge >= 0.3 is 6.03 Å². The number of carbonyl (C=O) groups is 3. The van der Waals surface area contributed by atoms with E-state index in [9.17, 15) is 14.4 Å². The lowest BCUT2D eigenvalue weighted by atomic mass is 9.86. The summed E-state index contributed by atoms with van der Waals surface area (Å²) in [5.41, 5.74) is -0.896. The normalized spacial score (nSPS) is 28.2. The van der Waals surface area contributed by atoms with Crippen molar-refractivity contribution in [3.63, 3.8) is 0 Å². The lowest BCUT2D eigenvalue weighted by Crippen LogP contribution is -2.47. The van der Waals surface area contributed by atoms with E-state index in [2.05, 4.69) is 17.6 Å². The molecule has 4 amide bonds. The number of nitrogens with zero attached hydrogens (tertiary/aromatic N) is 1. The summed E-state index contributed by atoms with van der Waals surface area (Å²) in [7, 11) is 0. The average Bonchev–Trinajstić information content (AvgIpc) is 2.81. The van der Waals surface area contributed by atoms with Crippen molar-refractivity contribution in [2.75, 3.05) is 6.54 Å². The van der Waals surface area contributed by atoms with E-state index >= 15 is 0 Å². The SMILES string of the molecule is C[C@@H]1CCCC[C@@H]1NC(=O)CN1C(=O)N[C@](C)(c2ccc(Cl)cc2Cl)C1=O. The number of imide groups is 1. The Morgan fingerprint density at radius 1 is 1.30 bits per heavy atom. The number of urea groups is 1. The molecular weight excluding hydrogens is 389 g/mol. The van der Waals surface area contributed by atoms with Gasteiger partial charge in [-0.15, -0.1) is 0 Å². The number of hydrogen-bond acceptors (Lipinski definition) is 3. The van der Waals surface area contributed by atoms with Gasteiger partial charge in [0.15, 0.2) is 0 Å². The third-order valence-electron chi connectivity index (χ3n) is 5.50. The van der Waals surface area contributed by atoms with Crippen LogP contribution < -0.4 is 10.6 Å². The molecule has 1 aliphatic heterocycles. The molecule has 0 aromatic heterocycles. The Kier molecular flexibility index (Phi) is 5.68. The third-order valence-corrected chi connectivity index (χ3v) is 6.05. The van der Waals surface area contributed by atoms with Crippen molar-refractivity contribution in [1.82, 2.24) is 15.5 Å². The van der Waals surface area contributed by atoms with Crippen LogP contribution in [0.5, 0.6) is 0 Å². The highest BCUT2D eigenvalue weighted by Gasteiger charge is 2.50. The number of rotatable bonds is 4. The molecular formula is C19H23Cl2N3O3. The Labute approximate surface area is 168 Å². The summed E-state index contributed by atoms with van der Waals surface area (Å²) in [4.78, 5) is 38.7. The molecule has 146 valence electrons. The minimum atomic E-state index is -1.34. The first-order valence-corrected chi connectivity index (χ1v) is 9.87. The molecule has 3 atom stereocenters. The van der Waals surface area contributed by atoms with E-state index in [1.807, 2.05) is 0 Å². The summed E-state index contributed by atoms with van der Waals surface area (Å²) in [6, 6.07) is 4.20. The first kappa shape index (κ1) is 20.0. The van der Waals surface area contributed by atoms with Crippen molar-refractivity contribution >= 4 is 41.0 Å². The smallest absolute Gasteiger partial charge is 0.325 e. The molecule has 27 heavy (non-hydrogen) atoms.